The summed E-state index contributed by atoms with van der Waals surface area (Å²) in [5, 5.41) is 12.8. The molecule has 1 atom stereocenters. The summed E-state index contributed by atoms with van der Waals surface area (Å²) in [4.78, 5) is 4.89. The quantitative estimate of drug-likeness (QED) is 0.122. The van der Waals surface area contributed by atoms with Crippen molar-refractivity contribution in [3.63, 3.8) is 0 Å². The van der Waals surface area contributed by atoms with E-state index in [0.717, 1.165) is 89.9 Å². The Morgan fingerprint density at radius 1 is 1.00 bits per heavy atom. The maximum atomic E-state index is 9.23. The summed E-state index contributed by atoms with van der Waals surface area (Å²) in [6, 6.07) is 0.222. The molecule has 5 nitrogen and oxygen atoms in total. The van der Waals surface area contributed by atoms with Gasteiger partial charge in [0.15, 0.2) is 0 Å². The lowest BCUT2D eigenvalue weighted by Gasteiger charge is -2.25. The van der Waals surface area contributed by atoms with Gasteiger partial charge in [-0.25, -0.2) is 0 Å². The number of hydrogen-bond acceptors (Lipinski definition) is 5. The van der Waals surface area contributed by atoms with Gasteiger partial charge in [-0.05, 0) is 84.0 Å². The molecule has 0 aliphatic heterocycles. The molecule has 0 saturated carbocycles. The molecule has 0 aliphatic rings. The molecule has 5 heteroatoms. The number of nitrogens with two attached hydrogens (primary N) is 1. The predicted molar refractivity (Wildman–Crippen MR) is 141 cm³/mol. The molecule has 0 amide bonds. The van der Waals surface area contributed by atoms with Gasteiger partial charge < -0.3 is 26.0 Å². The summed E-state index contributed by atoms with van der Waals surface area (Å²) >= 11 is 0. The molecule has 186 valence electrons. The van der Waals surface area contributed by atoms with Crippen molar-refractivity contribution in [2.24, 2.45) is 5.73 Å². The molecule has 0 radical (unpaired) electrons. The van der Waals surface area contributed by atoms with E-state index in [-0.39, 0.29) is 12.6 Å². The fourth-order valence-corrected chi connectivity index (χ4v) is 4.03. The van der Waals surface area contributed by atoms with Crippen molar-refractivity contribution in [1.29, 1.82) is 0 Å². The minimum atomic E-state index is 0.222. The first-order valence-electron chi connectivity index (χ1n) is 12.8. The van der Waals surface area contributed by atoms with Crippen LogP contribution in [-0.4, -0.2) is 73.4 Å². The van der Waals surface area contributed by atoms with Crippen LogP contribution < -0.4 is 11.1 Å². The summed E-state index contributed by atoms with van der Waals surface area (Å²) in [6.07, 6.45) is 12.0. The van der Waals surface area contributed by atoms with Crippen LogP contribution in [0.5, 0.6) is 0 Å². The molecular formula is C27H52N4O. The Labute approximate surface area is 199 Å². The number of unbranched alkanes of at least 4 members (excludes halogenated alkanes) is 2. The highest BCUT2D eigenvalue weighted by molar-refractivity contribution is 5.11. The van der Waals surface area contributed by atoms with Crippen LogP contribution in [-0.2, 0) is 0 Å². The zero-order valence-electron chi connectivity index (χ0n) is 21.2. The van der Waals surface area contributed by atoms with Crippen molar-refractivity contribution in [3.05, 3.63) is 42.8 Å². The fourth-order valence-electron chi connectivity index (χ4n) is 4.03. The molecule has 0 saturated heterocycles. The van der Waals surface area contributed by atoms with Crippen molar-refractivity contribution < 1.29 is 5.11 Å². The van der Waals surface area contributed by atoms with Crippen LogP contribution in [0, 0.1) is 0 Å². The van der Waals surface area contributed by atoms with Gasteiger partial charge in [-0.3, -0.25) is 0 Å². The lowest BCUT2D eigenvalue weighted by Crippen LogP contribution is -2.33. The first kappa shape index (κ1) is 30.6. The van der Waals surface area contributed by atoms with Crippen LogP contribution in [0.15, 0.2) is 42.8 Å². The number of aliphatic hydroxyl groups excluding tert-OH is 1. The van der Waals surface area contributed by atoms with Gasteiger partial charge in [-0.2, -0.15) is 0 Å². The normalized spacial score (nSPS) is 12.1. The van der Waals surface area contributed by atoms with Gasteiger partial charge in [0.2, 0.25) is 0 Å². The Kier molecular flexibility index (Phi) is 20.6. The molecule has 0 bridgehead atoms. The Morgan fingerprint density at radius 2 is 1.62 bits per heavy atom. The van der Waals surface area contributed by atoms with E-state index in [1.807, 2.05) is 6.08 Å². The first-order valence-corrected chi connectivity index (χ1v) is 12.8. The Bertz CT molecular complexity index is 522. The van der Waals surface area contributed by atoms with E-state index in [2.05, 4.69) is 54.4 Å². The number of hydrogen-bond donors (Lipinski definition) is 3. The zero-order chi connectivity index (χ0) is 24.0. The topological polar surface area (TPSA) is 64.8 Å². The average molecular weight is 449 g/mol. The largest absolute Gasteiger partial charge is 0.395 e. The molecule has 4 N–H and O–H groups in total. The molecule has 0 rings (SSSR count). The van der Waals surface area contributed by atoms with Crippen LogP contribution in [0.25, 0.3) is 0 Å². The lowest BCUT2D eigenvalue weighted by molar-refractivity contribution is 0.193. The highest BCUT2D eigenvalue weighted by Gasteiger charge is 2.14. The molecule has 0 aromatic rings. The van der Waals surface area contributed by atoms with Crippen LogP contribution in [0.2, 0.25) is 0 Å². The van der Waals surface area contributed by atoms with E-state index >= 15 is 0 Å². The third-order valence-corrected chi connectivity index (χ3v) is 5.84. The monoisotopic (exact) mass is 448 g/mol. The molecule has 0 heterocycles. The molecule has 0 spiro atoms. The average Bonchev–Trinajstić information content (AvgIpc) is 2.79. The summed E-state index contributed by atoms with van der Waals surface area (Å²) in [5.74, 6) is 0. The Hall–Kier alpha value is -1.36. The van der Waals surface area contributed by atoms with Crippen molar-refractivity contribution in [2.75, 3.05) is 52.4 Å². The van der Waals surface area contributed by atoms with Crippen molar-refractivity contribution in [3.8, 4) is 0 Å². The van der Waals surface area contributed by atoms with Gasteiger partial charge in [0.25, 0.3) is 0 Å². The minimum absolute atomic E-state index is 0.222. The smallest absolute Gasteiger partial charge is 0.0675 e. The fraction of sp³-hybridized carbons (Fsp3) is 0.741. The van der Waals surface area contributed by atoms with Crippen molar-refractivity contribution in [2.45, 2.75) is 77.7 Å². The summed E-state index contributed by atoms with van der Waals surface area (Å²) in [6.45, 7) is 23.4. The third kappa shape index (κ3) is 15.4. The van der Waals surface area contributed by atoms with Gasteiger partial charge in [-0.15, -0.1) is 12.3 Å². The van der Waals surface area contributed by atoms with Crippen LogP contribution in [0.3, 0.4) is 0 Å². The standard InChI is InChI=1S/C27H52N4O/c1-6-10-19-30(17-7-2)20-14-12-16-27(29-26(9-4)24-28)25(5)15-11-13-21-31(18-8-3)22-23-32/h6,27,29,32H,1,4-5,7-8,10-24,28H2,2-3H3. The number of nitrogens with zero attached hydrogens (tertiary/aromatic N) is 2. The maximum absolute atomic E-state index is 9.23. The predicted octanol–water partition coefficient (Wildman–Crippen LogP) is 4.46. The van der Waals surface area contributed by atoms with Crippen LogP contribution in [0.1, 0.15) is 71.6 Å². The van der Waals surface area contributed by atoms with Gasteiger partial charge in [0, 0.05) is 25.7 Å². The van der Waals surface area contributed by atoms with Gasteiger partial charge in [0.1, 0.15) is 0 Å². The number of rotatable bonds is 23. The first-order chi connectivity index (χ1) is 15.6. The number of nitrogens with one attached hydrogen (secondary N) is 1. The van der Waals surface area contributed by atoms with E-state index in [1.54, 1.807) is 0 Å². The molecule has 0 fully saturated rings. The summed E-state index contributed by atoms with van der Waals surface area (Å²) in [7, 11) is 0. The molecule has 0 aromatic heterocycles. The van der Waals surface area contributed by atoms with Crippen LogP contribution in [0.4, 0.5) is 0 Å². The zero-order valence-corrected chi connectivity index (χ0v) is 21.2. The van der Waals surface area contributed by atoms with Crippen molar-refractivity contribution >= 4 is 0 Å². The molecule has 32 heavy (non-hydrogen) atoms. The highest BCUT2D eigenvalue weighted by atomic mass is 16.3. The van der Waals surface area contributed by atoms with Gasteiger partial charge in [0.05, 0.1) is 12.3 Å². The second-order valence-corrected chi connectivity index (χ2v) is 8.65. The van der Waals surface area contributed by atoms with E-state index in [0.29, 0.717) is 6.54 Å². The van der Waals surface area contributed by atoms with E-state index in [1.165, 1.54) is 18.4 Å². The van der Waals surface area contributed by atoms with Crippen molar-refractivity contribution in [1.82, 2.24) is 15.1 Å². The summed E-state index contributed by atoms with van der Waals surface area (Å²) < 4.78 is 0. The Balaban J connectivity index is 4.60. The van der Waals surface area contributed by atoms with E-state index < -0.39 is 0 Å². The Morgan fingerprint density at radius 3 is 2.16 bits per heavy atom. The summed E-state index contributed by atoms with van der Waals surface area (Å²) in [5.41, 5.74) is 10.9. The van der Waals surface area contributed by atoms with E-state index in [9.17, 15) is 5.11 Å². The van der Waals surface area contributed by atoms with Gasteiger partial charge in [-0.1, -0.05) is 38.7 Å². The third-order valence-electron chi connectivity index (χ3n) is 5.84. The molecule has 0 aliphatic carbocycles. The van der Waals surface area contributed by atoms with E-state index in [4.69, 9.17) is 5.73 Å². The second kappa shape index (κ2) is 21.5. The van der Waals surface area contributed by atoms with Gasteiger partial charge >= 0.3 is 0 Å². The second-order valence-electron chi connectivity index (χ2n) is 8.65. The molecular weight excluding hydrogens is 396 g/mol. The number of aliphatic hydroxyl groups is 1. The lowest BCUT2D eigenvalue weighted by atomic mass is 9.97. The maximum Gasteiger partial charge on any atom is 0.0675 e. The molecule has 1 unspecified atom stereocenters. The SMILES string of the molecule is C=C=C(CN)NC(CCCCN(CCC)CCC=C)C(=C)CCCCN(CCC)CCO. The highest BCUT2D eigenvalue weighted by Crippen LogP contribution is 2.17. The van der Waals surface area contributed by atoms with Crippen LogP contribution >= 0.6 is 0 Å². The molecule has 0 aromatic carbocycles. The minimum Gasteiger partial charge on any atom is -0.395 e.